The minimum atomic E-state index is -5.82. The van der Waals surface area contributed by atoms with Crippen LogP contribution in [0.4, 0.5) is 0 Å². The van der Waals surface area contributed by atoms with Crippen molar-refractivity contribution in [1.29, 1.82) is 0 Å². The first-order valence-electron chi connectivity index (χ1n) is 6.13. The molecule has 0 aromatic carbocycles. The zero-order valence-electron chi connectivity index (χ0n) is 12.2. The molecule has 21 heavy (non-hydrogen) atoms. The molecule has 0 aromatic heterocycles. The minimum Gasteiger partial charge on any atom is -0.232 e. The Labute approximate surface area is 126 Å². The lowest BCUT2D eigenvalue weighted by molar-refractivity contribution is 0.598. The van der Waals surface area contributed by atoms with E-state index in [1.165, 1.54) is 0 Å². The van der Waals surface area contributed by atoms with Gasteiger partial charge in [0.25, 0.3) is 0 Å². The highest BCUT2D eigenvalue weighted by molar-refractivity contribution is 8.92. The fraction of sp³-hybridized carbons (Fsp3) is 1.00. The summed E-state index contributed by atoms with van der Waals surface area (Å²) >= 11 is 0. The van der Waals surface area contributed by atoms with Gasteiger partial charge in [-0.25, -0.2) is 33.7 Å². The Morgan fingerprint density at radius 3 is 0.714 bits per heavy atom. The summed E-state index contributed by atoms with van der Waals surface area (Å²) in [6, 6.07) is 0. The molecule has 0 fully saturated rings. The van der Waals surface area contributed by atoms with Gasteiger partial charge in [-0.3, -0.25) is 0 Å². The van der Waals surface area contributed by atoms with E-state index in [0.717, 1.165) is 27.7 Å². The fourth-order valence-corrected chi connectivity index (χ4v) is 50.4. The molecule has 0 heterocycles. The molecule has 0 aromatic rings. The van der Waals surface area contributed by atoms with Crippen LogP contribution in [0.15, 0.2) is 0 Å². The van der Waals surface area contributed by atoms with Crippen LogP contribution < -0.4 is 0 Å². The zero-order valence-corrected chi connectivity index (χ0v) is 16.5. The van der Waals surface area contributed by atoms with Crippen molar-refractivity contribution in [2.75, 3.05) is 23.0 Å². The maximum absolute atomic E-state index is 12.4. The SMILES string of the molecule is CCS(=O)(=O)[Si](S(=O)(=O)CC)(S(=O)(=O)CC)S(=O)(=O)CC. The summed E-state index contributed by atoms with van der Waals surface area (Å²) in [6.07, 6.45) is 0. The third kappa shape index (κ3) is 2.82. The van der Waals surface area contributed by atoms with E-state index in [1.54, 1.807) is 0 Å². The smallest absolute Gasteiger partial charge is 0.232 e. The molecule has 0 bridgehead atoms. The highest BCUT2D eigenvalue weighted by atomic mass is 33.0. The summed E-state index contributed by atoms with van der Waals surface area (Å²) in [7, 11) is -19.4. The van der Waals surface area contributed by atoms with E-state index in [1.807, 2.05) is 0 Å². The van der Waals surface area contributed by atoms with Gasteiger partial charge in [0.05, 0.1) is 0 Å². The Bertz CT molecular complexity index is 647. The highest BCUT2D eigenvalue weighted by Crippen LogP contribution is 2.34. The van der Waals surface area contributed by atoms with Gasteiger partial charge < -0.3 is 0 Å². The Morgan fingerprint density at radius 2 is 0.619 bits per heavy atom. The first-order valence-corrected chi connectivity index (χ1v) is 17.6. The molecule has 0 saturated carbocycles. The minimum absolute atomic E-state index is 0.864. The summed E-state index contributed by atoms with van der Waals surface area (Å²) in [5.74, 6) is -3.46. The third-order valence-electron chi connectivity index (χ3n) is 3.04. The second-order valence-electron chi connectivity index (χ2n) is 4.11. The van der Waals surface area contributed by atoms with E-state index >= 15 is 0 Å². The summed E-state index contributed by atoms with van der Waals surface area (Å²) in [6.45, 7) is 4.16. The second kappa shape index (κ2) is 6.26. The van der Waals surface area contributed by atoms with Gasteiger partial charge >= 0.3 is 4.67 Å². The monoisotopic (exact) mass is 400 g/mol. The average Bonchev–Trinajstić information content (AvgIpc) is 2.37. The van der Waals surface area contributed by atoms with Crippen molar-refractivity contribution >= 4 is 41.8 Å². The van der Waals surface area contributed by atoms with Gasteiger partial charge in [0.1, 0.15) is 0 Å². The molecule has 0 aliphatic heterocycles. The molecule has 0 saturated heterocycles. The van der Waals surface area contributed by atoms with Crippen LogP contribution in [0, 0.1) is 0 Å². The molecule has 0 atom stereocenters. The molecule has 128 valence electrons. The van der Waals surface area contributed by atoms with E-state index in [0.29, 0.717) is 0 Å². The van der Waals surface area contributed by atoms with Crippen LogP contribution >= 0.6 is 0 Å². The first kappa shape index (κ1) is 21.0. The van der Waals surface area contributed by atoms with Crippen molar-refractivity contribution in [3.63, 3.8) is 0 Å². The van der Waals surface area contributed by atoms with Gasteiger partial charge in [-0.05, 0) is 0 Å². The molecule has 0 radical (unpaired) electrons. The largest absolute Gasteiger partial charge is 0.570 e. The molecular formula is C8H20O8S4Si. The summed E-state index contributed by atoms with van der Waals surface area (Å²) in [5, 5.41) is 0. The van der Waals surface area contributed by atoms with Crippen molar-refractivity contribution in [2.24, 2.45) is 0 Å². The van der Waals surface area contributed by atoms with E-state index in [2.05, 4.69) is 0 Å². The van der Waals surface area contributed by atoms with Crippen molar-refractivity contribution in [3.05, 3.63) is 0 Å². The fourth-order valence-electron chi connectivity index (χ4n) is 1.87. The van der Waals surface area contributed by atoms with Crippen LogP contribution in [0.25, 0.3) is 0 Å². The Morgan fingerprint density at radius 1 is 0.476 bits per heavy atom. The van der Waals surface area contributed by atoms with Gasteiger partial charge in [-0.15, -0.1) is 0 Å². The normalized spacial score (nSPS) is 15.0. The molecule has 0 rings (SSSR count). The lowest BCUT2D eigenvalue weighted by atomic mass is 11.0. The molecule has 0 aliphatic rings. The lowest BCUT2D eigenvalue weighted by Crippen LogP contribution is -2.66. The average molecular weight is 401 g/mol. The Kier molecular flexibility index (Phi) is 6.26. The standard InChI is InChI=1S/C8H20O8S4Si/c1-5-17(9,10)21(18(11,12)6-2,19(13,14)7-3)20(15,16)8-4/h5-8H2,1-4H3. The molecule has 0 unspecified atom stereocenters. The zero-order chi connectivity index (χ0) is 17.3. The predicted octanol–water partition coefficient (Wildman–Crippen LogP) is -0.839. The maximum Gasteiger partial charge on any atom is 0.570 e. The van der Waals surface area contributed by atoms with Crippen LogP contribution in [-0.4, -0.2) is 61.4 Å². The predicted molar refractivity (Wildman–Crippen MR) is 83.6 cm³/mol. The molecule has 0 amide bonds. The highest BCUT2D eigenvalue weighted by Gasteiger charge is 2.77. The van der Waals surface area contributed by atoms with E-state index in [-0.39, 0.29) is 0 Å². The number of hydrogen-bond acceptors (Lipinski definition) is 8. The summed E-state index contributed by atoms with van der Waals surface area (Å²) in [5.41, 5.74) is 0. The van der Waals surface area contributed by atoms with Gasteiger partial charge in [0.15, 0.2) is 37.1 Å². The van der Waals surface area contributed by atoms with Crippen molar-refractivity contribution in [1.82, 2.24) is 0 Å². The van der Waals surface area contributed by atoms with Crippen LogP contribution in [0.5, 0.6) is 0 Å². The Balaban J connectivity index is 7.61. The summed E-state index contributed by atoms with van der Waals surface area (Å²) in [4.78, 5) is 0. The van der Waals surface area contributed by atoms with Gasteiger partial charge in [0, 0.05) is 23.0 Å². The van der Waals surface area contributed by atoms with Gasteiger partial charge in [0.2, 0.25) is 0 Å². The number of hydrogen-bond donors (Lipinski definition) is 0. The van der Waals surface area contributed by atoms with Crippen molar-refractivity contribution in [3.8, 4) is 0 Å². The summed E-state index contributed by atoms with van der Waals surface area (Å²) < 4.78 is 93.1. The quantitative estimate of drug-likeness (QED) is 0.481. The van der Waals surface area contributed by atoms with E-state index in [4.69, 9.17) is 0 Å². The van der Waals surface area contributed by atoms with E-state index in [9.17, 15) is 33.7 Å². The van der Waals surface area contributed by atoms with Crippen LogP contribution in [-0.2, 0) is 37.1 Å². The molecule has 13 heteroatoms. The molecular weight excluding hydrogens is 380 g/mol. The van der Waals surface area contributed by atoms with Gasteiger partial charge in [-0.2, -0.15) is 0 Å². The molecule has 8 nitrogen and oxygen atoms in total. The van der Waals surface area contributed by atoms with Crippen LogP contribution in [0.3, 0.4) is 0 Å². The van der Waals surface area contributed by atoms with Crippen LogP contribution in [0.2, 0.25) is 0 Å². The topological polar surface area (TPSA) is 137 Å². The third-order valence-corrected chi connectivity index (χ3v) is 49.2. The number of rotatable bonds is 8. The van der Waals surface area contributed by atoms with Crippen molar-refractivity contribution < 1.29 is 33.7 Å². The first-order chi connectivity index (χ1) is 9.24. The lowest BCUT2D eigenvalue weighted by Gasteiger charge is -2.27. The molecule has 0 aliphatic carbocycles. The molecule has 0 N–H and O–H groups in total. The van der Waals surface area contributed by atoms with Gasteiger partial charge in [-0.1, -0.05) is 27.7 Å². The second-order valence-corrected chi connectivity index (χ2v) is 31.8. The van der Waals surface area contributed by atoms with Crippen LogP contribution in [0.1, 0.15) is 27.7 Å². The molecule has 0 spiro atoms. The van der Waals surface area contributed by atoms with E-state index < -0.39 is 64.8 Å². The van der Waals surface area contributed by atoms with Crippen molar-refractivity contribution in [2.45, 2.75) is 27.7 Å². The maximum atomic E-state index is 12.4. The Hall–Kier alpha value is 0.0169.